The van der Waals surface area contributed by atoms with Gasteiger partial charge in [0, 0.05) is 37.7 Å². The summed E-state index contributed by atoms with van der Waals surface area (Å²) in [4.78, 5) is 27.3. The molecule has 0 saturated heterocycles. The standard InChI is InChI=1S/C33H40N8O4S.ClH/c1-21-17-28(46(44,45)41(2)3)15-16-29(21)26-6-4-5-23(18-26)19-30(36-32(42)25-9-7-22(20-34)8-10-25)33(43)35-27-13-11-24(12-14-27)31-37-39-40-38-31;/h4-6,11-18,22,25,30H,7-10,19-20,34H2,1-3H3,(H,35,43)(H,36,42)(H,37,38,39,40);1H/t22-,25-,30-;/m0./s1. The lowest BCUT2D eigenvalue weighted by atomic mass is 9.81. The van der Waals surface area contributed by atoms with E-state index in [0.717, 1.165) is 53.5 Å². The maximum Gasteiger partial charge on any atom is 0.247 e. The summed E-state index contributed by atoms with van der Waals surface area (Å²) in [6, 6.07) is 19.1. The summed E-state index contributed by atoms with van der Waals surface area (Å²) in [6.07, 6.45) is 3.54. The second-order valence-corrected chi connectivity index (χ2v) is 14.2. The quantitative estimate of drug-likeness (QED) is 0.184. The number of benzene rings is 3. The first kappa shape index (κ1) is 35.7. The van der Waals surface area contributed by atoms with Crippen LogP contribution in [-0.2, 0) is 26.0 Å². The Morgan fingerprint density at radius 1 is 1.00 bits per heavy atom. The van der Waals surface area contributed by atoms with Crippen molar-refractivity contribution in [1.82, 2.24) is 30.2 Å². The lowest BCUT2D eigenvalue weighted by Crippen LogP contribution is -2.48. The Bertz CT molecular complexity index is 1770. The molecule has 5 rings (SSSR count). The average Bonchev–Trinajstić information content (AvgIpc) is 3.60. The number of carbonyl (C=O) groups is 2. The molecule has 1 atom stereocenters. The molecule has 0 aliphatic heterocycles. The van der Waals surface area contributed by atoms with E-state index in [0.29, 0.717) is 24.0 Å². The van der Waals surface area contributed by atoms with Crippen LogP contribution in [0.25, 0.3) is 22.5 Å². The number of anilines is 1. The monoisotopic (exact) mass is 680 g/mol. The number of halogens is 1. The normalized spacial score (nSPS) is 17.0. The van der Waals surface area contributed by atoms with Crippen molar-refractivity contribution >= 4 is 39.9 Å². The SMILES string of the molecule is Cc1cc(S(=O)(=O)N(C)C)ccc1-c1cccc(C[C@H](NC(=O)[C@H]2CC[C@H](CN)CC2)C(=O)Nc2ccc(-c3nnn[nH]3)cc2)c1.Cl. The Kier molecular flexibility index (Phi) is 11.9. The van der Waals surface area contributed by atoms with Crippen molar-refractivity contribution in [3.8, 4) is 22.5 Å². The van der Waals surface area contributed by atoms with E-state index in [-0.39, 0.29) is 41.5 Å². The van der Waals surface area contributed by atoms with Crippen LogP contribution in [0, 0.1) is 18.8 Å². The smallest absolute Gasteiger partial charge is 0.247 e. The molecule has 0 bridgehead atoms. The number of nitrogens with two attached hydrogens (primary N) is 1. The zero-order chi connectivity index (χ0) is 32.8. The Morgan fingerprint density at radius 2 is 1.72 bits per heavy atom. The van der Waals surface area contributed by atoms with Crippen molar-refractivity contribution in [3.63, 3.8) is 0 Å². The zero-order valence-corrected chi connectivity index (χ0v) is 28.3. The largest absolute Gasteiger partial charge is 0.344 e. The maximum atomic E-state index is 13.7. The summed E-state index contributed by atoms with van der Waals surface area (Å²) >= 11 is 0. The van der Waals surface area contributed by atoms with Crippen molar-refractivity contribution in [2.45, 2.75) is 50.0 Å². The molecule has 3 aromatic carbocycles. The number of nitrogens with zero attached hydrogens (tertiary/aromatic N) is 4. The highest BCUT2D eigenvalue weighted by Crippen LogP contribution is 2.30. The van der Waals surface area contributed by atoms with Crippen molar-refractivity contribution in [1.29, 1.82) is 0 Å². The minimum atomic E-state index is -3.57. The van der Waals surface area contributed by atoms with Crippen molar-refractivity contribution < 1.29 is 18.0 Å². The molecule has 0 unspecified atom stereocenters. The fraction of sp³-hybridized carbons (Fsp3) is 0.364. The van der Waals surface area contributed by atoms with E-state index in [2.05, 4.69) is 31.3 Å². The molecule has 5 N–H and O–H groups in total. The molecule has 1 aliphatic carbocycles. The molecule has 1 saturated carbocycles. The van der Waals surface area contributed by atoms with Gasteiger partial charge in [0.1, 0.15) is 6.04 Å². The first-order valence-corrected chi connectivity index (χ1v) is 16.8. The van der Waals surface area contributed by atoms with Crippen LogP contribution in [0.5, 0.6) is 0 Å². The zero-order valence-electron chi connectivity index (χ0n) is 26.6. The Morgan fingerprint density at radius 3 is 2.34 bits per heavy atom. The number of rotatable bonds is 11. The second kappa shape index (κ2) is 15.6. The van der Waals surface area contributed by atoms with Crippen LogP contribution in [-0.4, -0.2) is 71.8 Å². The summed E-state index contributed by atoms with van der Waals surface area (Å²) in [5.74, 6) is 0.309. The van der Waals surface area contributed by atoms with Crippen molar-refractivity contribution in [2.24, 2.45) is 17.6 Å². The number of amides is 2. The first-order chi connectivity index (χ1) is 22.0. The van der Waals surface area contributed by atoms with Crippen molar-refractivity contribution in [3.05, 3.63) is 77.9 Å². The summed E-state index contributed by atoms with van der Waals surface area (Å²) in [5.41, 5.74) is 10.6. The number of carbonyl (C=O) groups excluding carboxylic acids is 2. The average molecular weight is 681 g/mol. The van der Waals surface area contributed by atoms with Gasteiger partial charge in [-0.15, -0.1) is 17.5 Å². The minimum Gasteiger partial charge on any atom is -0.344 e. The number of H-pyrrole nitrogens is 1. The predicted octanol–water partition coefficient (Wildman–Crippen LogP) is 3.95. The Hall–Kier alpha value is -4.17. The Labute approximate surface area is 281 Å². The topological polar surface area (TPSA) is 176 Å². The third-order valence-electron chi connectivity index (χ3n) is 8.61. The second-order valence-electron chi connectivity index (χ2n) is 12.0. The molecule has 4 aromatic rings. The highest BCUT2D eigenvalue weighted by atomic mass is 35.5. The number of hydrogen-bond acceptors (Lipinski definition) is 8. The number of hydrogen-bond donors (Lipinski definition) is 4. The number of aryl methyl sites for hydroxylation is 1. The molecule has 1 aliphatic rings. The van der Waals surface area contributed by atoms with Gasteiger partial charge < -0.3 is 16.4 Å². The minimum absolute atomic E-state index is 0. The highest BCUT2D eigenvalue weighted by molar-refractivity contribution is 7.89. The molecular formula is C33H41ClN8O4S. The number of nitrogens with one attached hydrogen (secondary N) is 3. The molecule has 1 fully saturated rings. The van der Waals surface area contributed by atoms with Crippen LogP contribution in [0.2, 0.25) is 0 Å². The van der Waals surface area contributed by atoms with Crippen LogP contribution < -0.4 is 16.4 Å². The lowest BCUT2D eigenvalue weighted by molar-refractivity contribution is -0.130. The van der Waals surface area contributed by atoms with E-state index in [1.54, 1.807) is 42.5 Å². The fourth-order valence-electron chi connectivity index (χ4n) is 5.81. The Balaban J connectivity index is 0.00000500. The van der Waals surface area contributed by atoms with Crippen LogP contribution >= 0.6 is 12.4 Å². The summed E-state index contributed by atoms with van der Waals surface area (Å²) in [6.45, 7) is 2.49. The van der Waals surface area contributed by atoms with E-state index >= 15 is 0 Å². The maximum absolute atomic E-state index is 13.7. The molecule has 0 spiro atoms. The summed E-state index contributed by atoms with van der Waals surface area (Å²) in [7, 11) is -0.557. The fourth-order valence-corrected chi connectivity index (χ4v) is 6.80. The van der Waals surface area contributed by atoms with E-state index in [1.807, 2.05) is 31.2 Å². The molecule has 1 aromatic heterocycles. The number of aromatic nitrogens is 4. The molecule has 47 heavy (non-hydrogen) atoms. The van der Waals surface area contributed by atoms with Gasteiger partial charge in [-0.1, -0.05) is 30.3 Å². The molecular weight excluding hydrogens is 640 g/mol. The molecule has 2 amide bonds. The van der Waals surface area contributed by atoms with E-state index < -0.39 is 16.1 Å². The van der Waals surface area contributed by atoms with Gasteiger partial charge in [0.25, 0.3) is 0 Å². The number of aromatic amines is 1. The van der Waals surface area contributed by atoms with Crippen LogP contribution in [0.1, 0.15) is 36.8 Å². The molecule has 1 heterocycles. The van der Waals surface area contributed by atoms with Crippen molar-refractivity contribution in [2.75, 3.05) is 26.0 Å². The molecule has 14 heteroatoms. The predicted molar refractivity (Wildman–Crippen MR) is 183 cm³/mol. The lowest BCUT2D eigenvalue weighted by Gasteiger charge is -2.28. The van der Waals surface area contributed by atoms with E-state index in [1.165, 1.54) is 18.4 Å². The van der Waals surface area contributed by atoms with E-state index in [4.69, 9.17) is 5.73 Å². The van der Waals surface area contributed by atoms with E-state index in [9.17, 15) is 18.0 Å². The highest BCUT2D eigenvalue weighted by Gasteiger charge is 2.29. The third-order valence-corrected chi connectivity index (χ3v) is 10.4. The molecule has 0 radical (unpaired) electrons. The molecule has 250 valence electrons. The summed E-state index contributed by atoms with van der Waals surface area (Å²) in [5, 5.41) is 19.8. The first-order valence-electron chi connectivity index (χ1n) is 15.3. The van der Waals surface area contributed by atoms with Gasteiger partial charge in [-0.2, -0.15) is 0 Å². The van der Waals surface area contributed by atoms with Crippen LogP contribution in [0.15, 0.2) is 71.6 Å². The number of sulfonamides is 1. The summed E-state index contributed by atoms with van der Waals surface area (Å²) < 4.78 is 26.5. The van der Waals surface area contributed by atoms with Crippen LogP contribution in [0.4, 0.5) is 5.69 Å². The van der Waals surface area contributed by atoms with Gasteiger partial charge in [-0.25, -0.2) is 17.8 Å². The molecule has 12 nitrogen and oxygen atoms in total. The van der Waals surface area contributed by atoms with Gasteiger partial charge in [-0.3, -0.25) is 9.59 Å². The van der Waals surface area contributed by atoms with Gasteiger partial charge in [-0.05, 0) is 114 Å². The van der Waals surface area contributed by atoms with Gasteiger partial charge >= 0.3 is 0 Å². The van der Waals surface area contributed by atoms with Gasteiger partial charge in [0.05, 0.1) is 4.90 Å². The van der Waals surface area contributed by atoms with Gasteiger partial charge in [0.2, 0.25) is 21.8 Å². The van der Waals surface area contributed by atoms with Crippen LogP contribution in [0.3, 0.4) is 0 Å². The third kappa shape index (κ3) is 8.60. The van der Waals surface area contributed by atoms with Gasteiger partial charge in [0.15, 0.2) is 5.82 Å². The number of tetrazole rings is 1.